The molecule has 0 aliphatic carbocycles. The number of benzene rings is 2. The van der Waals surface area contributed by atoms with E-state index in [2.05, 4.69) is 4.90 Å². The van der Waals surface area contributed by atoms with Crippen LogP contribution in [0.2, 0.25) is 10.0 Å². The van der Waals surface area contributed by atoms with Gasteiger partial charge in [0.15, 0.2) is 0 Å². The smallest absolute Gasteiger partial charge is 0.254 e. The van der Waals surface area contributed by atoms with Crippen LogP contribution in [-0.2, 0) is 0 Å². The topological polar surface area (TPSA) is 32.8 Å². The molecule has 2 aromatic carbocycles. The number of anilines is 1. The number of nitrogens with zero attached hydrogens (tertiary/aromatic N) is 2. The molecule has 0 saturated carbocycles. The van der Waals surface area contributed by atoms with E-state index in [0.29, 0.717) is 28.7 Å². The zero-order valence-corrected chi connectivity index (χ0v) is 14.8. The molecule has 1 aliphatic rings. The maximum Gasteiger partial charge on any atom is 0.254 e. The van der Waals surface area contributed by atoms with E-state index in [1.807, 2.05) is 29.2 Å². The zero-order chi connectivity index (χ0) is 17.1. The van der Waals surface area contributed by atoms with E-state index in [1.54, 1.807) is 25.3 Å². The summed E-state index contributed by atoms with van der Waals surface area (Å²) in [5, 5.41) is 0.942. The zero-order valence-electron chi connectivity index (χ0n) is 13.3. The van der Waals surface area contributed by atoms with Gasteiger partial charge < -0.3 is 14.5 Å². The molecule has 0 radical (unpaired) electrons. The first-order valence-corrected chi connectivity index (χ1v) is 8.47. The van der Waals surface area contributed by atoms with E-state index in [1.165, 1.54) is 0 Å². The van der Waals surface area contributed by atoms with Gasteiger partial charge in [-0.15, -0.1) is 0 Å². The van der Waals surface area contributed by atoms with Crippen molar-refractivity contribution in [2.45, 2.75) is 0 Å². The maximum absolute atomic E-state index is 12.6. The predicted octanol–water partition coefficient (Wildman–Crippen LogP) is 3.96. The third kappa shape index (κ3) is 3.60. The fourth-order valence-corrected chi connectivity index (χ4v) is 3.43. The summed E-state index contributed by atoms with van der Waals surface area (Å²) in [7, 11) is 1.67. The van der Waals surface area contributed by atoms with Crippen molar-refractivity contribution in [1.29, 1.82) is 0 Å². The molecule has 1 fully saturated rings. The minimum absolute atomic E-state index is 0.0425. The van der Waals surface area contributed by atoms with Gasteiger partial charge in [-0.3, -0.25) is 4.79 Å². The first kappa shape index (κ1) is 16.9. The van der Waals surface area contributed by atoms with E-state index in [9.17, 15) is 4.79 Å². The molecule has 6 heteroatoms. The summed E-state index contributed by atoms with van der Waals surface area (Å²) in [4.78, 5) is 16.7. The number of amides is 1. The van der Waals surface area contributed by atoms with E-state index >= 15 is 0 Å². The lowest BCUT2D eigenvalue weighted by molar-refractivity contribution is 0.0746. The number of carbonyl (C=O) groups excluding carboxylic acids is 1. The van der Waals surface area contributed by atoms with Gasteiger partial charge in [-0.25, -0.2) is 0 Å². The average Bonchev–Trinajstić information content (AvgIpc) is 2.60. The number of ether oxygens (including phenoxy) is 1. The van der Waals surface area contributed by atoms with Crippen LogP contribution in [0.5, 0.6) is 5.75 Å². The molecule has 0 unspecified atom stereocenters. The minimum Gasteiger partial charge on any atom is -0.495 e. The van der Waals surface area contributed by atoms with Crippen LogP contribution in [0.1, 0.15) is 10.4 Å². The number of carbonyl (C=O) groups is 1. The van der Waals surface area contributed by atoms with Gasteiger partial charge in [0.2, 0.25) is 0 Å². The van der Waals surface area contributed by atoms with Crippen molar-refractivity contribution in [2.24, 2.45) is 0 Å². The van der Waals surface area contributed by atoms with Crippen LogP contribution in [0.4, 0.5) is 5.69 Å². The molecule has 0 bridgehead atoms. The van der Waals surface area contributed by atoms with Crippen molar-refractivity contribution in [2.75, 3.05) is 38.2 Å². The monoisotopic (exact) mass is 364 g/mol. The third-order valence-corrected chi connectivity index (χ3v) is 4.54. The molecule has 4 nitrogen and oxygen atoms in total. The first-order chi connectivity index (χ1) is 11.6. The van der Waals surface area contributed by atoms with Crippen LogP contribution in [-0.4, -0.2) is 44.1 Å². The van der Waals surface area contributed by atoms with Gasteiger partial charge in [0.1, 0.15) is 5.75 Å². The quantitative estimate of drug-likeness (QED) is 0.825. The summed E-state index contributed by atoms with van der Waals surface area (Å²) in [6.45, 7) is 2.78. The molecule has 0 spiro atoms. The summed E-state index contributed by atoms with van der Waals surface area (Å²) < 4.78 is 5.42. The standard InChI is InChI=1S/C18H18Cl2N2O2/c1-24-17-5-3-2-4-16(17)21-6-8-22(9-7-21)18(23)13-10-14(19)12-15(20)11-13/h2-5,10-12H,6-9H2,1H3. The summed E-state index contributed by atoms with van der Waals surface area (Å²) in [5.74, 6) is 0.804. The highest BCUT2D eigenvalue weighted by Gasteiger charge is 2.24. The highest BCUT2D eigenvalue weighted by atomic mass is 35.5. The fourth-order valence-electron chi connectivity index (χ4n) is 2.90. The molecule has 1 amide bonds. The van der Waals surface area contributed by atoms with E-state index in [4.69, 9.17) is 27.9 Å². The van der Waals surface area contributed by atoms with Crippen LogP contribution < -0.4 is 9.64 Å². The van der Waals surface area contributed by atoms with Gasteiger partial charge in [-0.1, -0.05) is 35.3 Å². The fraction of sp³-hybridized carbons (Fsp3) is 0.278. The molecule has 0 atom stereocenters. The van der Waals surface area contributed by atoms with Crippen LogP contribution >= 0.6 is 23.2 Å². The third-order valence-electron chi connectivity index (χ3n) is 4.10. The Bertz CT molecular complexity index is 723. The summed E-state index contributed by atoms with van der Waals surface area (Å²) in [5.41, 5.74) is 1.58. The number of piperazine rings is 1. The van der Waals surface area contributed by atoms with Crippen LogP contribution in [0.25, 0.3) is 0 Å². The highest BCUT2D eigenvalue weighted by Crippen LogP contribution is 2.28. The van der Waals surface area contributed by atoms with Gasteiger partial charge in [-0.05, 0) is 30.3 Å². The van der Waals surface area contributed by atoms with E-state index < -0.39 is 0 Å². The second-order valence-electron chi connectivity index (χ2n) is 5.61. The Morgan fingerprint density at radius 1 is 1.00 bits per heavy atom. The van der Waals surface area contributed by atoms with Gasteiger partial charge in [0.25, 0.3) is 5.91 Å². The summed E-state index contributed by atoms with van der Waals surface area (Å²) in [6, 6.07) is 12.9. The number of methoxy groups -OCH3 is 1. The Morgan fingerprint density at radius 2 is 1.62 bits per heavy atom. The Kier molecular flexibility index (Phi) is 5.17. The van der Waals surface area contributed by atoms with E-state index in [-0.39, 0.29) is 5.91 Å². The van der Waals surface area contributed by atoms with Crippen molar-refractivity contribution in [3.8, 4) is 5.75 Å². The van der Waals surface area contributed by atoms with Gasteiger partial charge in [0, 0.05) is 41.8 Å². The molecule has 0 aromatic heterocycles. The molecule has 2 aromatic rings. The van der Waals surface area contributed by atoms with Crippen LogP contribution in [0.15, 0.2) is 42.5 Å². The van der Waals surface area contributed by atoms with Gasteiger partial charge in [-0.2, -0.15) is 0 Å². The van der Waals surface area contributed by atoms with Crippen molar-refractivity contribution in [3.63, 3.8) is 0 Å². The number of rotatable bonds is 3. The molecule has 1 heterocycles. The second kappa shape index (κ2) is 7.32. The van der Waals surface area contributed by atoms with Gasteiger partial charge in [0.05, 0.1) is 12.8 Å². The molecular weight excluding hydrogens is 347 g/mol. The minimum atomic E-state index is -0.0425. The van der Waals surface area contributed by atoms with Crippen molar-refractivity contribution in [1.82, 2.24) is 4.90 Å². The van der Waals surface area contributed by atoms with Crippen molar-refractivity contribution in [3.05, 3.63) is 58.1 Å². The van der Waals surface area contributed by atoms with E-state index in [0.717, 1.165) is 24.5 Å². The molecular formula is C18H18Cl2N2O2. The second-order valence-corrected chi connectivity index (χ2v) is 6.48. The number of halogens is 2. The summed E-state index contributed by atoms with van der Waals surface area (Å²) in [6.07, 6.45) is 0. The lowest BCUT2D eigenvalue weighted by Gasteiger charge is -2.36. The van der Waals surface area contributed by atoms with Crippen molar-refractivity contribution < 1.29 is 9.53 Å². The molecule has 3 rings (SSSR count). The first-order valence-electron chi connectivity index (χ1n) is 7.72. The maximum atomic E-state index is 12.6. The normalized spacial score (nSPS) is 14.6. The molecule has 24 heavy (non-hydrogen) atoms. The average molecular weight is 365 g/mol. The lowest BCUT2D eigenvalue weighted by Crippen LogP contribution is -2.48. The largest absolute Gasteiger partial charge is 0.495 e. The number of para-hydroxylation sites is 2. The Balaban J connectivity index is 1.69. The molecule has 126 valence electrons. The van der Waals surface area contributed by atoms with Crippen LogP contribution in [0, 0.1) is 0 Å². The SMILES string of the molecule is COc1ccccc1N1CCN(C(=O)c2cc(Cl)cc(Cl)c2)CC1. The molecule has 0 N–H and O–H groups in total. The Labute approximate surface area is 151 Å². The van der Waals surface area contributed by atoms with Gasteiger partial charge >= 0.3 is 0 Å². The molecule has 1 saturated heterocycles. The predicted molar refractivity (Wildman–Crippen MR) is 97.6 cm³/mol. The number of hydrogen-bond donors (Lipinski definition) is 0. The van der Waals surface area contributed by atoms with Crippen LogP contribution in [0.3, 0.4) is 0 Å². The summed E-state index contributed by atoms with van der Waals surface area (Å²) >= 11 is 12.0. The lowest BCUT2D eigenvalue weighted by atomic mass is 10.1. The Morgan fingerprint density at radius 3 is 2.25 bits per heavy atom. The van der Waals surface area contributed by atoms with Crippen molar-refractivity contribution >= 4 is 34.8 Å². The Hall–Kier alpha value is -1.91. The number of hydrogen-bond acceptors (Lipinski definition) is 3. The molecule has 1 aliphatic heterocycles. The highest BCUT2D eigenvalue weighted by molar-refractivity contribution is 6.35.